The first-order valence-corrected chi connectivity index (χ1v) is 11.9. The van der Waals surface area contributed by atoms with Gasteiger partial charge in [0.25, 0.3) is 5.91 Å². The van der Waals surface area contributed by atoms with Gasteiger partial charge in [0.15, 0.2) is 0 Å². The molecule has 4 aromatic rings. The number of benzene rings is 2. The zero-order valence-corrected chi connectivity index (χ0v) is 20.4. The molecular weight excluding hydrogens is 468 g/mol. The van der Waals surface area contributed by atoms with Crippen molar-refractivity contribution >= 4 is 28.6 Å². The van der Waals surface area contributed by atoms with E-state index in [1.54, 1.807) is 30.3 Å². The largest absolute Gasteiger partial charge is 0.439 e. The van der Waals surface area contributed by atoms with Crippen LogP contribution >= 0.6 is 0 Å². The fourth-order valence-corrected chi connectivity index (χ4v) is 4.19. The second-order valence-electron chi connectivity index (χ2n) is 8.85. The number of anilines is 2. The molecule has 1 saturated heterocycles. The van der Waals surface area contributed by atoms with Gasteiger partial charge in [-0.3, -0.25) is 4.79 Å². The SMILES string of the molecule is CN1CCN(c2nc(N)nc3cc(C(=O)NCc4cccc(Oc5cc(C#N)ccn5)c4)ccc23)CC1. The predicted octanol–water partition coefficient (Wildman–Crippen LogP) is 2.95. The van der Waals surface area contributed by atoms with E-state index in [0.717, 1.165) is 42.9 Å². The summed E-state index contributed by atoms with van der Waals surface area (Å²) in [5.41, 5.74) is 8.45. The van der Waals surface area contributed by atoms with Crippen LogP contribution in [-0.4, -0.2) is 59.0 Å². The number of nitrogen functional groups attached to an aromatic ring is 1. The minimum Gasteiger partial charge on any atom is -0.439 e. The molecule has 2 aromatic heterocycles. The average molecular weight is 495 g/mol. The zero-order valence-electron chi connectivity index (χ0n) is 20.4. The number of nitriles is 1. The monoisotopic (exact) mass is 494 g/mol. The number of ether oxygens (including phenoxy) is 1. The number of hydrogen-bond donors (Lipinski definition) is 2. The first-order chi connectivity index (χ1) is 18.0. The lowest BCUT2D eigenvalue weighted by atomic mass is 10.1. The Hall–Kier alpha value is -4.75. The average Bonchev–Trinajstić information content (AvgIpc) is 2.91. The Morgan fingerprint density at radius 3 is 2.76 bits per heavy atom. The fraction of sp³-hybridized carbons (Fsp3) is 0.222. The molecule has 37 heavy (non-hydrogen) atoms. The first kappa shape index (κ1) is 24.0. The molecule has 2 aromatic carbocycles. The number of nitrogens with zero attached hydrogens (tertiary/aromatic N) is 6. The van der Waals surface area contributed by atoms with Crippen LogP contribution in [0.15, 0.2) is 60.8 Å². The molecule has 10 heteroatoms. The Kier molecular flexibility index (Phi) is 6.78. The number of aromatic nitrogens is 3. The van der Waals surface area contributed by atoms with Gasteiger partial charge in [-0.1, -0.05) is 12.1 Å². The molecular formula is C27H26N8O2. The zero-order chi connectivity index (χ0) is 25.8. The lowest BCUT2D eigenvalue weighted by Crippen LogP contribution is -2.45. The Balaban J connectivity index is 1.28. The van der Waals surface area contributed by atoms with Crippen molar-refractivity contribution in [3.05, 3.63) is 77.5 Å². The van der Waals surface area contributed by atoms with E-state index < -0.39 is 0 Å². The van der Waals surface area contributed by atoms with Crippen molar-refractivity contribution in [1.29, 1.82) is 5.26 Å². The Labute approximate surface area is 214 Å². The summed E-state index contributed by atoms with van der Waals surface area (Å²) >= 11 is 0. The number of nitrogens with two attached hydrogens (primary N) is 1. The number of carbonyl (C=O) groups excluding carboxylic acids is 1. The molecule has 5 rings (SSSR count). The van der Waals surface area contributed by atoms with Gasteiger partial charge in [-0.2, -0.15) is 10.2 Å². The number of rotatable bonds is 6. The van der Waals surface area contributed by atoms with Gasteiger partial charge < -0.3 is 25.6 Å². The number of hydrogen-bond acceptors (Lipinski definition) is 9. The fourth-order valence-electron chi connectivity index (χ4n) is 4.19. The third-order valence-electron chi connectivity index (χ3n) is 6.20. The minimum atomic E-state index is -0.227. The van der Waals surface area contributed by atoms with Gasteiger partial charge in [0.1, 0.15) is 11.6 Å². The Bertz CT molecular complexity index is 1490. The molecule has 10 nitrogen and oxygen atoms in total. The summed E-state index contributed by atoms with van der Waals surface area (Å²) in [6.07, 6.45) is 1.52. The highest BCUT2D eigenvalue weighted by Crippen LogP contribution is 2.27. The maximum Gasteiger partial charge on any atom is 0.251 e. The molecule has 0 radical (unpaired) electrons. The molecule has 186 valence electrons. The third kappa shape index (κ3) is 5.58. The van der Waals surface area contributed by atoms with Crippen molar-refractivity contribution in [1.82, 2.24) is 25.2 Å². The Morgan fingerprint density at radius 2 is 1.95 bits per heavy atom. The summed E-state index contributed by atoms with van der Waals surface area (Å²) in [7, 11) is 2.10. The van der Waals surface area contributed by atoms with Crippen molar-refractivity contribution in [2.75, 3.05) is 43.9 Å². The first-order valence-electron chi connectivity index (χ1n) is 11.9. The summed E-state index contributed by atoms with van der Waals surface area (Å²) in [5, 5.41) is 12.9. The second-order valence-corrected chi connectivity index (χ2v) is 8.85. The molecule has 1 aliphatic rings. The lowest BCUT2D eigenvalue weighted by molar-refractivity contribution is 0.0951. The van der Waals surface area contributed by atoms with Crippen LogP contribution in [0.5, 0.6) is 11.6 Å². The van der Waals surface area contributed by atoms with Gasteiger partial charge in [-0.05, 0) is 49.0 Å². The normalized spacial score (nSPS) is 13.8. The highest BCUT2D eigenvalue weighted by molar-refractivity contribution is 6.00. The molecule has 1 amide bonds. The van der Waals surface area contributed by atoms with Crippen molar-refractivity contribution in [2.45, 2.75) is 6.54 Å². The smallest absolute Gasteiger partial charge is 0.251 e. The molecule has 0 spiro atoms. The molecule has 0 atom stereocenters. The minimum absolute atomic E-state index is 0.186. The van der Waals surface area contributed by atoms with E-state index in [9.17, 15) is 4.79 Å². The standard InChI is InChI=1S/C27H26N8O2/c1-34-9-11-35(12-10-34)25-22-6-5-20(15-23(22)32-27(29)33-25)26(36)31-17-19-3-2-4-21(13-19)37-24-14-18(16-28)7-8-30-24/h2-8,13-15H,9-12,17H2,1H3,(H,31,36)(H2,29,32,33). The van der Waals surface area contributed by atoms with Gasteiger partial charge in [0.2, 0.25) is 11.8 Å². The highest BCUT2D eigenvalue weighted by atomic mass is 16.5. The number of fused-ring (bicyclic) bond motifs is 1. The third-order valence-corrected chi connectivity index (χ3v) is 6.20. The molecule has 0 aliphatic carbocycles. The van der Waals surface area contributed by atoms with Crippen LogP contribution in [0.25, 0.3) is 10.9 Å². The van der Waals surface area contributed by atoms with Gasteiger partial charge in [0, 0.05) is 55.9 Å². The number of amides is 1. The van der Waals surface area contributed by atoms with E-state index >= 15 is 0 Å². The number of likely N-dealkylation sites (N-methyl/N-ethyl adjacent to an activating group) is 1. The molecule has 0 unspecified atom stereocenters. The van der Waals surface area contributed by atoms with E-state index in [1.807, 2.05) is 24.3 Å². The van der Waals surface area contributed by atoms with Crippen LogP contribution < -0.4 is 20.7 Å². The number of carbonyl (C=O) groups is 1. The summed E-state index contributed by atoms with van der Waals surface area (Å²) in [6.45, 7) is 3.90. The van der Waals surface area contributed by atoms with Crippen LogP contribution in [0.4, 0.5) is 11.8 Å². The van der Waals surface area contributed by atoms with Crippen LogP contribution in [0, 0.1) is 11.3 Å². The number of piperazine rings is 1. The van der Waals surface area contributed by atoms with Crippen molar-refractivity contribution < 1.29 is 9.53 Å². The van der Waals surface area contributed by atoms with Crippen molar-refractivity contribution in [3.63, 3.8) is 0 Å². The van der Waals surface area contributed by atoms with Crippen molar-refractivity contribution in [2.24, 2.45) is 0 Å². The van der Waals surface area contributed by atoms with Gasteiger partial charge in [0.05, 0.1) is 17.1 Å². The molecule has 3 N–H and O–H groups in total. The quantitative estimate of drug-likeness (QED) is 0.415. The van der Waals surface area contributed by atoms with E-state index in [-0.39, 0.29) is 11.9 Å². The van der Waals surface area contributed by atoms with E-state index in [1.165, 1.54) is 6.20 Å². The van der Waals surface area contributed by atoms with E-state index in [0.29, 0.717) is 34.8 Å². The van der Waals surface area contributed by atoms with E-state index in [4.69, 9.17) is 15.7 Å². The van der Waals surface area contributed by atoms with E-state index in [2.05, 4.69) is 43.2 Å². The van der Waals surface area contributed by atoms with Crippen LogP contribution in [0.3, 0.4) is 0 Å². The lowest BCUT2D eigenvalue weighted by Gasteiger charge is -2.33. The summed E-state index contributed by atoms with van der Waals surface area (Å²) < 4.78 is 5.77. The molecule has 3 heterocycles. The molecule has 1 aliphatic heterocycles. The predicted molar refractivity (Wildman–Crippen MR) is 140 cm³/mol. The summed E-state index contributed by atoms with van der Waals surface area (Å²) in [5.74, 6) is 1.65. The van der Waals surface area contributed by atoms with Gasteiger partial charge in [-0.25, -0.2) is 9.97 Å². The number of pyridine rings is 1. The molecule has 0 bridgehead atoms. The second kappa shape index (κ2) is 10.5. The van der Waals surface area contributed by atoms with Crippen LogP contribution in [0.2, 0.25) is 0 Å². The van der Waals surface area contributed by atoms with Crippen molar-refractivity contribution in [3.8, 4) is 17.7 Å². The maximum absolute atomic E-state index is 12.9. The van der Waals surface area contributed by atoms with Crippen LogP contribution in [-0.2, 0) is 6.54 Å². The van der Waals surface area contributed by atoms with Gasteiger partial charge >= 0.3 is 0 Å². The number of nitrogens with one attached hydrogen (secondary N) is 1. The topological polar surface area (TPSA) is 133 Å². The van der Waals surface area contributed by atoms with Gasteiger partial charge in [-0.15, -0.1) is 0 Å². The molecule has 1 fully saturated rings. The Morgan fingerprint density at radius 1 is 1.11 bits per heavy atom. The van der Waals surface area contributed by atoms with Crippen LogP contribution in [0.1, 0.15) is 21.5 Å². The molecule has 0 saturated carbocycles. The summed E-state index contributed by atoms with van der Waals surface area (Å²) in [6, 6.07) is 18.0. The maximum atomic E-state index is 12.9. The highest BCUT2D eigenvalue weighted by Gasteiger charge is 2.19. The summed E-state index contributed by atoms with van der Waals surface area (Å²) in [4.78, 5) is 30.4.